The van der Waals surface area contributed by atoms with Gasteiger partial charge in [-0.05, 0) is 12.1 Å². The van der Waals surface area contributed by atoms with Crippen LogP contribution in [0.4, 0.5) is 11.4 Å². The van der Waals surface area contributed by atoms with Crippen LogP contribution in [-0.4, -0.2) is 27.0 Å². The summed E-state index contributed by atoms with van der Waals surface area (Å²) in [6.45, 7) is 7.37. The Morgan fingerprint density at radius 2 is 2.05 bits per heavy atom. The van der Waals surface area contributed by atoms with E-state index in [0.29, 0.717) is 5.39 Å². The fourth-order valence-electron chi connectivity index (χ4n) is 2.03. The summed E-state index contributed by atoms with van der Waals surface area (Å²) < 4.78 is 0.239. The number of hydrogen-bond donors (Lipinski definition) is 1. The van der Waals surface area contributed by atoms with Crippen molar-refractivity contribution in [2.75, 3.05) is 17.6 Å². The molecule has 0 spiro atoms. The minimum Gasteiger partial charge on any atom is -0.384 e. The van der Waals surface area contributed by atoms with E-state index in [1.165, 1.54) is 6.07 Å². The zero-order chi connectivity index (χ0) is 15.5. The molecule has 0 fully saturated rings. The Labute approximate surface area is 128 Å². The van der Waals surface area contributed by atoms with Crippen molar-refractivity contribution < 1.29 is 4.92 Å². The second kappa shape index (κ2) is 6.30. The fourth-order valence-corrected chi connectivity index (χ4v) is 2.85. The maximum Gasteiger partial charge on any atom is 0.278 e. The van der Waals surface area contributed by atoms with Gasteiger partial charge in [-0.1, -0.05) is 20.8 Å². The zero-order valence-electron chi connectivity index (χ0n) is 12.4. The number of nitrogens with one attached hydrogen (secondary N) is 1. The second-order valence-corrected chi connectivity index (χ2v) is 7.62. The molecule has 0 aliphatic heterocycles. The molecule has 6 heteroatoms. The number of fused-ring (bicyclic) bond motifs is 1. The molecule has 1 aromatic heterocycles. The highest BCUT2D eigenvalue weighted by atomic mass is 32.2. The minimum atomic E-state index is -0.372. The summed E-state index contributed by atoms with van der Waals surface area (Å²) in [6, 6.07) is 5.10. The molecule has 0 aliphatic carbocycles. The second-order valence-electron chi connectivity index (χ2n) is 5.70. The monoisotopic (exact) mass is 305 g/mol. The molecule has 21 heavy (non-hydrogen) atoms. The van der Waals surface area contributed by atoms with Crippen molar-refractivity contribution in [2.24, 2.45) is 0 Å². The van der Waals surface area contributed by atoms with Crippen LogP contribution in [-0.2, 0) is 0 Å². The topological polar surface area (TPSA) is 68.1 Å². The van der Waals surface area contributed by atoms with Gasteiger partial charge < -0.3 is 5.32 Å². The number of rotatable bonds is 5. The largest absolute Gasteiger partial charge is 0.384 e. The lowest BCUT2D eigenvalue weighted by atomic mass is 10.1. The summed E-state index contributed by atoms with van der Waals surface area (Å²) in [5, 5.41) is 15.8. The van der Waals surface area contributed by atoms with E-state index in [-0.39, 0.29) is 15.4 Å². The van der Waals surface area contributed by atoms with Crippen LogP contribution in [0, 0.1) is 10.1 Å². The lowest BCUT2D eigenvalue weighted by Crippen LogP contribution is -2.13. The molecule has 2 aromatic rings. The predicted molar refractivity (Wildman–Crippen MR) is 89.1 cm³/mol. The standard InChI is InChI=1S/C15H19N3O2S/c1-15(2,3)21-9-8-17-13-4-5-14(18(19)20)12-10-16-7-6-11(12)13/h4-7,10,17H,8-9H2,1-3H3. The van der Waals surface area contributed by atoms with Crippen LogP contribution in [0.1, 0.15) is 20.8 Å². The number of benzene rings is 1. The van der Waals surface area contributed by atoms with Gasteiger partial charge in [-0.3, -0.25) is 15.1 Å². The van der Waals surface area contributed by atoms with E-state index >= 15 is 0 Å². The number of thioether (sulfide) groups is 1. The number of pyridine rings is 1. The Hall–Kier alpha value is -1.82. The zero-order valence-corrected chi connectivity index (χ0v) is 13.2. The van der Waals surface area contributed by atoms with Crippen molar-refractivity contribution in [1.29, 1.82) is 0 Å². The van der Waals surface area contributed by atoms with Crippen LogP contribution in [0.2, 0.25) is 0 Å². The molecule has 0 amide bonds. The van der Waals surface area contributed by atoms with Crippen LogP contribution in [0.3, 0.4) is 0 Å². The van der Waals surface area contributed by atoms with E-state index in [2.05, 4.69) is 31.1 Å². The van der Waals surface area contributed by atoms with Gasteiger partial charge >= 0.3 is 0 Å². The molecule has 0 unspecified atom stereocenters. The summed E-state index contributed by atoms with van der Waals surface area (Å²) in [6.07, 6.45) is 3.20. The normalized spacial score (nSPS) is 11.6. The molecule has 0 aliphatic rings. The maximum atomic E-state index is 11.1. The average molecular weight is 305 g/mol. The SMILES string of the molecule is CC(C)(C)SCCNc1ccc([N+](=O)[O-])c2cnccc12. The third-order valence-electron chi connectivity index (χ3n) is 2.94. The Morgan fingerprint density at radius 3 is 2.71 bits per heavy atom. The van der Waals surface area contributed by atoms with Crippen LogP contribution in [0.15, 0.2) is 30.6 Å². The molecule has 0 saturated carbocycles. The first kappa shape index (κ1) is 15.6. The summed E-state index contributed by atoms with van der Waals surface area (Å²) in [7, 11) is 0. The van der Waals surface area contributed by atoms with E-state index in [0.717, 1.165) is 23.4 Å². The first-order chi connectivity index (χ1) is 9.88. The van der Waals surface area contributed by atoms with Crippen LogP contribution in [0.5, 0.6) is 0 Å². The Balaban J connectivity index is 2.18. The van der Waals surface area contributed by atoms with Crippen molar-refractivity contribution in [3.63, 3.8) is 0 Å². The van der Waals surface area contributed by atoms with Gasteiger partial charge in [-0.25, -0.2) is 0 Å². The van der Waals surface area contributed by atoms with Crippen molar-refractivity contribution in [1.82, 2.24) is 4.98 Å². The average Bonchev–Trinajstić information content (AvgIpc) is 2.42. The molecular formula is C15H19N3O2S. The van der Waals surface area contributed by atoms with Crippen LogP contribution in [0.25, 0.3) is 10.8 Å². The van der Waals surface area contributed by atoms with Gasteiger partial charge in [-0.15, -0.1) is 0 Å². The number of anilines is 1. The van der Waals surface area contributed by atoms with Crippen molar-refractivity contribution in [2.45, 2.75) is 25.5 Å². The molecule has 1 N–H and O–H groups in total. The van der Waals surface area contributed by atoms with E-state index in [1.807, 2.05) is 17.8 Å². The van der Waals surface area contributed by atoms with Crippen LogP contribution >= 0.6 is 11.8 Å². The molecule has 5 nitrogen and oxygen atoms in total. The molecule has 112 valence electrons. The number of aromatic nitrogens is 1. The summed E-state index contributed by atoms with van der Waals surface area (Å²) in [5.41, 5.74) is 1.00. The number of hydrogen-bond acceptors (Lipinski definition) is 5. The molecule has 1 heterocycles. The number of nitro groups is 1. The highest BCUT2D eigenvalue weighted by molar-refractivity contribution is 8.00. The van der Waals surface area contributed by atoms with E-state index in [9.17, 15) is 10.1 Å². The van der Waals surface area contributed by atoms with Gasteiger partial charge in [0.1, 0.15) is 0 Å². The quantitative estimate of drug-likeness (QED) is 0.512. The molecular weight excluding hydrogens is 286 g/mol. The smallest absolute Gasteiger partial charge is 0.278 e. The Morgan fingerprint density at radius 1 is 1.29 bits per heavy atom. The van der Waals surface area contributed by atoms with Gasteiger partial charge in [0.25, 0.3) is 5.69 Å². The van der Waals surface area contributed by atoms with E-state index in [1.54, 1.807) is 18.5 Å². The minimum absolute atomic E-state index is 0.0905. The summed E-state index contributed by atoms with van der Waals surface area (Å²) >= 11 is 1.88. The number of nitrogens with zero attached hydrogens (tertiary/aromatic N) is 2. The highest BCUT2D eigenvalue weighted by Gasteiger charge is 2.14. The van der Waals surface area contributed by atoms with Gasteiger partial charge in [-0.2, -0.15) is 11.8 Å². The van der Waals surface area contributed by atoms with Gasteiger partial charge in [0.15, 0.2) is 0 Å². The number of non-ortho nitro benzene ring substituents is 1. The summed E-state index contributed by atoms with van der Waals surface area (Å²) in [5.74, 6) is 0.979. The van der Waals surface area contributed by atoms with Crippen molar-refractivity contribution >= 4 is 33.9 Å². The molecule has 2 rings (SSSR count). The fraction of sp³-hybridized carbons (Fsp3) is 0.400. The molecule has 0 saturated heterocycles. The number of nitro benzene ring substituents is 1. The van der Waals surface area contributed by atoms with Gasteiger partial charge in [0.05, 0.1) is 10.3 Å². The van der Waals surface area contributed by atoms with Gasteiger partial charge in [0.2, 0.25) is 0 Å². The third kappa shape index (κ3) is 4.07. The maximum absolute atomic E-state index is 11.1. The summed E-state index contributed by atoms with van der Waals surface area (Å²) in [4.78, 5) is 14.7. The van der Waals surface area contributed by atoms with Gasteiger partial charge in [0, 0.05) is 46.6 Å². The molecule has 1 aromatic carbocycles. The van der Waals surface area contributed by atoms with E-state index < -0.39 is 0 Å². The highest BCUT2D eigenvalue weighted by Crippen LogP contribution is 2.31. The Kier molecular flexibility index (Phi) is 4.67. The predicted octanol–water partition coefficient (Wildman–Crippen LogP) is 4.09. The lowest BCUT2D eigenvalue weighted by Gasteiger charge is -2.18. The van der Waals surface area contributed by atoms with Crippen molar-refractivity contribution in [3.8, 4) is 0 Å². The first-order valence-corrected chi connectivity index (χ1v) is 7.76. The first-order valence-electron chi connectivity index (χ1n) is 6.77. The lowest BCUT2D eigenvalue weighted by molar-refractivity contribution is -0.383. The third-order valence-corrected chi connectivity index (χ3v) is 4.22. The molecule has 0 radical (unpaired) electrons. The molecule has 0 atom stereocenters. The van der Waals surface area contributed by atoms with E-state index in [4.69, 9.17) is 0 Å². The Bertz CT molecular complexity index is 653. The van der Waals surface area contributed by atoms with Crippen LogP contribution < -0.4 is 5.32 Å². The van der Waals surface area contributed by atoms with Crippen molar-refractivity contribution in [3.05, 3.63) is 40.7 Å². The molecule has 0 bridgehead atoms.